The molecule has 5 heteroatoms. The molecule has 1 atom stereocenters. The van der Waals surface area contributed by atoms with Crippen LogP contribution in [-0.4, -0.2) is 27.2 Å². The van der Waals surface area contributed by atoms with Gasteiger partial charge in [0, 0.05) is 0 Å². The Hall–Kier alpha value is -1.88. The van der Waals surface area contributed by atoms with Crippen LogP contribution in [0.5, 0.6) is 0 Å². The Labute approximate surface area is 105 Å². The molecule has 0 bridgehead atoms. The molecule has 1 N–H and O–H groups in total. The smallest absolute Gasteiger partial charge is 0.326 e. The highest BCUT2D eigenvalue weighted by atomic mass is 16.5. The lowest BCUT2D eigenvalue weighted by molar-refractivity contribution is -0.143. The number of aliphatic hydroxyl groups excluding tert-OH is 1. The molecule has 0 amide bonds. The van der Waals surface area contributed by atoms with Gasteiger partial charge in [-0.25, -0.2) is 4.98 Å². The van der Waals surface area contributed by atoms with Gasteiger partial charge in [-0.15, -0.1) is 0 Å². The third-order valence-corrected chi connectivity index (χ3v) is 2.65. The molecule has 2 aromatic rings. The van der Waals surface area contributed by atoms with Crippen molar-refractivity contribution in [1.29, 1.82) is 0 Å². The molecule has 96 valence electrons. The highest BCUT2D eigenvalue weighted by Crippen LogP contribution is 2.20. The first-order valence-electron chi connectivity index (χ1n) is 5.92. The van der Waals surface area contributed by atoms with Crippen LogP contribution in [0.25, 0.3) is 11.0 Å². The number of nitrogens with zero attached hydrogens (tertiary/aromatic N) is 2. The van der Waals surface area contributed by atoms with Gasteiger partial charge < -0.3 is 14.4 Å². The van der Waals surface area contributed by atoms with Crippen molar-refractivity contribution in [3.05, 3.63) is 30.1 Å². The number of hydrogen-bond donors (Lipinski definition) is 1. The van der Waals surface area contributed by atoms with E-state index in [0.29, 0.717) is 12.4 Å². The van der Waals surface area contributed by atoms with Gasteiger partial charge in [-0.1, -0.05) is 12.1 Å². The minimum atomic E-state index is -0.730. The number of fused-ring (bicyclic) bond motifs is 1. The van der Waals surface area contributed by atoms with Crippen molar-refractivity contribution < 1.29 is 14.6 Å². The van der Waals surface area contributed by atoms with Crippen molar-refractivity contribution in [2.45, 2.75) is 26.5 Å². The lowest BCUT2D eigenvalue weighted by Gasteiger charge is -2.10. The normalized spacial score (nSPS) is 12.6. The summed E-state index contributed by atoms with van der Waals surface area (Å²) in [4.78, 5) is 15.9. The van der Waals surface area contributed by atoms with E-state index in [-0.39, 0.29) is 12.5 Å². The van der Waals surface area contributed by atoms with E-state index in [1.54, 1.807) is 18.4 Å². The van der Waals surface area contributed by atoms with E-state index in [4.69, 9.17) is 4.74 Å². The van der Waals surface area contributed by atoms with Crippen LogP contribution < -0.4 is 0 Å². The highest BCUT2D eigenvalue weighted by molar-refractivity contribution is 5.79. The van der Waals surface area contributed by atoms with Crippen molar-refractivity contribution in [2.75, 3.05) is 6.61 Å². The van der Waals surface area contributed by atoms with Gasteiger partial charge in [0.25, 0.3) is 0 Å². The molecule has 1 unspecified atom stereocenters. The predicted octanol–water partition coefficient (Wildman–Crippen LogP) is 1.65. The van der Waals surface area contributed by atoms with Crippen LogP contribution in [0.3, 0.4) is 0 Å². The molecule has 1 aromatic carbocycles. The Kier molecular flexibility index (Phi) is 3.62. The number of rotatable bonds is 4. The largest absolute Gasteiger partial charge is 0.465 e. The number of carbonyl (C=O) groups is 1. The average Bonchev–Trinajstić information content (AvgIpc) is 2.69. The third kappa shape index (κ3) is 2.36. The maximum Gasteiger partial charge on any atom is 0.326 e. The second-order valence-electron chi connectivity index (χ2n) is 4.03. The first kappa shape index (κ1) is 12.6. The van der Waals surface area contributed by atoms with Crippen molar-refractivity contribution in [3.8, 4) is 0 Å². The van der Waals surface area contributed by atoms with Gasteiger partial charge in [-0.05, 0) is 26.0 Å². The molecular formula is C13H16N2O3. The van der Waals surface area contributed by atoms with Gasteiger partial charge in [0.2, 0.25) is 0 Å². The summed E-state index contributed by atoms with van der Waals surface area (Å²) in [6.07, 6.45) is -0.730. The molecule has 0 aliphatic carbocycles. The van der Waals surface area contributed by atoms with E-state index >= 15 is 0 Å². The maximum atomic E-state index is 11.6. The molecule has 0 saturated heterocycles. The van der Waals surface area contributed by atoms with Crippen LogP contribution in [0.2, 0.25) is 0 Å². The third-order valence-electron chi connectivity index (χ3n) is 2.65. The number of para-hydroxylation sites is 2. The number of hydrogen-bond acceptors (Lipinski definition) is 4. The fourth-order valence-corrected chi connectivity index (χ4v) is 1.91. The molecule has 2 rings (SSSR count). The van der Waals surface area contributed by atoms with Crippen molar-refractivity contribution in [2.24, 2.45) is 0 Å². The summed E-state index contributed by atoms with van der Waals surface area (Å²) in [5.41, 5.74) is 1.58. The SMILES string of the molecule is CCOC(=O)Cn1c(C(C)O)nc2ccccc21. The Morgan fingerprint density at radius 2 is 2.22 bits per heavy atom. The second kappa shape index (κ2) is 5.18. The molecule has 0 aliphatic heterocycles. The van der Waals surface area contributed by atoms with Crippen LogP contribution in [-0.2, 0) is 16.1 Å². The lowest BCUT2D eigenvalue weighted by Crippen LogP contribution is -2.16. The van der Waals surface area contributed by atoms with E-state index in [9.17, 15) is 9.90 Å². The van der Waals surface area contributed by atoms with E-state index in [2.05, 4.69) is 4.98 Å². The fraction of sp³-hybridized carbons (Fsp3) is 0.385. The molecule has 0 aliphatic rings. The quantitative estimate of drug-likeness (QED) is 0.836. The number of ether oxygens (including phenoxy) is 1. The predicted molar refractivity (Wildman–Crippen MR) is 67.0 cm³/mol. The minimum Gasteiger partial charge on any atom is -0.465 e. The number of imidazole rings is 1. The summed E-state index contributed by atoms with van der Waals surface area (Å²) in [5, 5.41) is 9.71. The second-order valence-corrected chi connectivity index (χ2v) is 4.03. The van der Waals surface area contributed by atoms with Gasteiger partial charge >= 0.3 is 5.97 Å². The van der Waals surface area contributed by atoms with Gasteiger partial charge in [-0.3, -0.25) is 4.79 Å². The Bertz CT molecular complexity index is 560. The number of aromatic nitrogens is 2. The minimum absolute atomic E-state index is 0.0641. The zero-order chi connectivity index (χ0) is 13.1. The van der Waals surface area contributed by atoms with E-state index in [1.807, 2.05) is 24.3 Å². The summed E-state index contributed by atoms with van der Waals surface area (Å²) in [7, 11) is 0. The Morgan fingerprint density at radius 3 is 2.89 bits per heavy atom. The maximum absolute atomic E-state index is 11.6. The van der Waals surface area contributed by atoms with Crippen LogP contribution in [0.4, 0.5) is 0 Å². The van der Waals surface area contributed by atoms with Gasteiger partial charge in [0.15, 0.2) is 0 Å². The van der Waals surface area contributed by atoms with Crippen LogP contribution in [0, 0.1) is 0 Å². The number of aliphatic hydroxyl groups is 1. The first-order chi connectivity index (χ1) is 8.63. The van der Waals surface area contributed by atoms with Crippen molar-refractivity contribution in [3.63, 3.8) is 0 Å². The number of carbonyl (C=O) groups excluding carboxylic acids is 1. The molecule has 0 spiro atoms. The molecule has 0 radical (unpaired) electrons. The first-order valence-corrected chi connectivity index (χ1v) is 5.92. The topological polar surface area (TPSA) is 64.3 Å². The zero-order valence-corrected chi connectivity index (χ0v) is 10.5. The lowest BCUT2D eigenvalue weighted by atomic mass is 10.3. The highest BCUT2D eigenvalue weighted by Gasteiger charge is 2.16. The standard InChI is InChI=1S/C13H16N2O3/c1-3-18-12(17)8-15-11-7-5-4-6-10(11)14-13(15)9(2)16/h4-7,9,16H,3,8H2,1-2H3. The molecule has 18 heavy (non-hydrogen) atoms. The molecular weight excluding hydrogens is 232 g/mol. The monoisotopic (exact) mass is 248 g/mol. The summed E-state index contributed by atoms with van der Waals surface area (Å²) in [5.74, 6) is 0.145. The van der Waals surface area contributed by atoms with Gasteiger partial charge in [0.05, 0.1) is 17.6 Å². The van der Waals surface area contributed by atoms with E-state index in [0.717, 1.165) is 11.0 Å². The van der Waals surface area contributed by atoms with Crippen molar-refractivity contribution in [1.82, 2.24) is 9.55 Å². The van der Waals surface area contributed by atoms with Gasteiger partial charge in [0.1, 0.15) is 18.5 Å². The summed E-state index contributed by atoms with van der Waals surface area (Å²) < 4.78 is 6.62. The van der Waals surface area contributed by atoms with Crippen LogP contribution in [0.15, 0.2) is 24.3 Å². The van der Waals surface area contributed by atoms with E-state index < -0.39 is 6.10 Å². The Morgan fingerprint density at radius 1 is 1.50 bits per heavy atom. The van der Waals surface area contributed by atoms with Crippen LogP contribution in [0.1, 0.15) is 25.8 Å². The molecule has 1 heterocycles. The van der Waals surface area contributed by atoms with Gasteiger partial charge in [-0.2, -0.15) is 0 Å². The van der Waals surface area contributed by atoms with E-state index in [1.165, 1.54) is 0 Å². The molecule has 0 saturated carbocycles. The summed E-state index contributed by atoms with van der Waals surface area (Å²) in [6, 6.07) is 7.46. The number of esters is 1. The Balaban J connectivity index is 2.45. The molecule has 1 aromatic heterocycles. The fourth-order valence-electron chi connectivity index (χ4n) is 1.91. The van der Waals surface area contributed by atoms with Crippen molar-refractivity contribution >= 4 is 17.0 Å². The summed E-state index contributed by atoms with van der Waals surface area (Å²) in [6.45, 7) is 3.80. The molecule has 0 fully saturated rings. The molecule has 5 nitrogen and oxygen atoms in total. The summed E-state index contributed by atoms with van der Waals surface area (Å²) >= 11 is 0. The zero-order valence-electron chi connectivity index (χ0n) is 10.5. The van der Waals surface area contributed by atoms with Crippen LogP contribution >= 0.6 is 0 Å². The average molecular weight is 248 g/mol. The number of benzene rings is 1.